The third kappa shape index (κ3) is 50.5. The van der Waals surface area contributed by atoms with Gasteiger partial charge in [-0.15, -0.1) is 0 Å². The molecule has 1 aliphatic rings. The molecule has 480 valence electrons. The van der Waals surface area contributed by atoms with E-state index < -0.39 is 49.5 Å². The highest BCUT2D eigenvalue weighted by Gasteiger charge is 2.44. The third-order valence-corrected chi connectivity index (χ3v) is 17.5. The Balaban J connectivity index is 2.11. The molecular formula is C72H139NO8. The molecule has 0 aliphatic carbocycles. The molecule has 0 saturated carbocycles. The maximum atomic E-state index is 13.1. The molecule has 1 amide bonds. The molecule has 0 aromatic heterocycles. The number of nitrogens with one attached hydrogen (secondary N) is 1. The summed E-state index contributed by atoms with van der Waals surface area (Å²) in [5.74, 6) is -0.168. The largest absolute Gasteiger partial charge is 0.394 e. The summed E-state index contributed by atoms with van der Waals surface area (Å²) in [6, 6.07) is -0.804. The second-order valence-corrected chi connectivity index (χ2v) is 25.4. The standard InChI is InChI=1S/C72H139NO8/c1-3-5-7-9-11-13-15-17-19-21-23-25-27-29-31-32-33-34-36-38-40-42-44-46-48-50-52-54-56-58-60-62-68(76)73-65(64-80-72-71(79)70(78)69(77)67(63-74)81-72)66(75)61-59-57-55-53-51-49-47-45-43-41-39-37-35-30-28-26-24-22-20-18-16-14-12-10-8-6-4-2/h21,23,59,61,65-67,69-72,74-75,77-79H,3-20,22,24-58,60,62-64H2,1-2H3,(H,73,76)/b23-21-,61-59+. The predicted molar refractivity (Wildman–Crippen MR) is 346 cm³/mol. The number of aliphatic hydroxyl groups excluding tert-OH is 5. The Hall–Kier alpha value is -1.33. The van der Waals surface area contributed by atoms with Crippen LogP contribution in [-0.4, -0.2) is 87.5 Å². The van der Waals surface area contributed by atoms with Crippen molar-refractivity contribution in [1.82, 2.24) is 5.32 Å². The fourth-order valence-electron chi connectivity index (χ4n) is 11.9. The molecule has 7 atom stereocenters. The Labute approximate surface area is 502 Å². The van der Waals surface area contributed by atoms with E-state index in [1.54, 1.807) is 6.08 Å². The summed E-state index contributed by atoms with van der Waals surface area (Å²) in [6.45, 7) is 3.84. The van der Waals surface area contributed by atoms with Crippen molar-refractivity contribution in [2.75, 3.05) is 13.2 Å². The third-order valence-electron chi connectivity index (χ3n) is 17.5. The maximum absolute atomic E-state index is 13.1. The number of carbonyl (C=O) groups is 1. The van der Waals surface area contributed by atoms with Gasteiger partial charge in [0.2, 0.25) is 5.91 Å². The lowest BCUT2D eigenvalue weighted by atomic mass is 9.99. The summed E-state index contributed by atoms with van der Waals surface area (Å²) in [7, 11) is 0. The van der Waals surface area contributed by atoms with E-state index in [1.807, 2.05) is 6.08 Å². The molecular weight excluding hydrogens is 1010 g/mol. The molecule has 81 heavy (non-hydrogen) atoms. The number of allylic oxidation sites excluding steroid dienone is 3. The van der Waals surface area contributed by atoms with Crippen LogP contribution in [0.4, 0.5) is 0 Å². The van der Waals surface area contributed by atoms with Gasteiger partial charge in [-0.25, -0.2) is 0 Å². The fourth-order valence-corrected chi connectivity index (χ4v) is 11.9. The van der Waals surface area contributed by atoms with Crippen molar-refractivity contribution in [3.05, 3.63) is 24.3 Å². The lowest BCUT2D eigenvalue weighted by Crippen LogP contribution is -2.60. The van der Waals surface area contributed by atoms with Gasteiger partial charge >= 0.3 is 0 Å². The van der Waals surface area contributed by atoms with Crippen molar-refractivity contribution < 1.29 is 39.8 Å². The number of aliphatic hydroxyl groups is 5. The summed E-state index contributed by atoms with van der Waals surface area (Å²) in [5, 5.41) is 54.8. The molecule has 0 aromatic rings. The van der Waals surface area contributed by atoms with E-state index in [2.05, 4.69) is 31.3 Å². The summed E-state index contributed by atoms with van der Waals surface area (Å²) in [5.41, 5.74) is 0. The van der Waals surface area contributed by atoms with Crippen LogP contribution in [0.1, 0.15) is 373 Å². The van der Waals surface area contributed by atoms with Crippen LogP contribution in [-0.2, 0) is 14.3 Å². The average molecular weight is 1150 g/mol. The minimum absolute atomic E-state index is 0.168. The van der Waals surface area contributed by atoms with E-state index in [1.165, 1.54) is 315 Å². The molecule has 0 radical (unpaired) electrons. The quantitative estimate of drug-likeness (QED) is 0.0261. The Kier molecular flexibility index (Phi) is 59.2. The van der Waals surface area contributed by atoms with Crippen LogP contribution in [0.15, 0.2) is 24.3 Å². The molecule has 1 fully saturated rings. The topological polar surface area (TPSA) is 149 Å². The van der Waals surface area contributed by atoms with Gasteiger partial charge in [-0.1, -0.05) is 346 Å². The van der Waals surface area contributed by atoms with Crippen LogP contribution >= 0.6 is 0 Å². The molecule has 6 N–H and O–H groups in total. The summed E-state index contributed by atoms with van der Waals surface area (Å²) in [4.78, 5) is 13.1. The molecule has 7 unspecified atom stereocenters. The highest BCUT2D eigenvalue weighted by Crippen LogP contribution is 2.24. The number of hydrogen-bond acceptors (Lipinski definition) is 8. The van der Waals surface area contributed by atoms with Crippen LogP contribution in [0, 0.1) is 0 Å². The van der Waals surface area contributed by atoms with Crippen molar-refractivity contribution in [2.24, 2.45) is 0 Å². The van der Waals surface area contributed by atoms with Gasteiger partial charge in [-0.05, 0) is 44.9 Å². The van der Waals surface area contributed by atoms with Crippen LogP contribution in [0.2, 0.25) is 0 Å². The average Bonchev–Trinajstić information content (AvgIpc) is 3.47. The Bertz CT molecular complexity index is 1330. The van der Waals surface area contributed by atoms with Crippen LogP contribution in [0.25, 0.3) is 0 Å². The molecule has 1 rings (SSSR count). The molecule has 0 aromatic carbocycles. The number of unbranched alkanes of at least 4 members (excludes halogenated alkanes) is 52. The Morgan fingerprint density at radius 2 is 0.691 bits per heavy atom. The molecule has 9 nitrogen and oxygen atoms in total. The van der Waals surface area contributed by atoms with Crippen molar-refractivity contribution in [3.63, 3.8) is 0 Å². The van der Waals surface area contributed by atoms with E-state index in [4.69, 9.17) is 9.47 Å². The number of amides is 1. The van der Waals surface area contributed by atoms with E-state index in [0.717, 1.165) is 38.5 Å². The Morgan fingerprint density at radius 3 is 1.00 bits per heavy atom. The second kappa shape index (κ2) is 61.7. The van der Waals surface area contributed by atoms with Gasteiger partial charge in [0.05, 0.1) is 25.4 Å². The van der Waals surface area contributed by atoms with Gasteiger partial charge in [-0.2, -0.15) is 0 Å². The number of ether oxygens (including phenoxy) is 2. The van der Waals surface area contributed by atoms with Gasteiger partial charge in [0, 0.05) is 6.42 Å². The van der Waals surface area contributed by atoms with E-state index in [9.17, 15) is 30.3 Å². The van der Waals surface area contributed by atoms with Crippen LogP contribution in [0.3, 0.4) is 0 Å². The van der Waals surface area contributed by atoms with Crippen molar-refractivity contribution in [1.29, 1.82) is 0 Å². The van der Waals surface area contributed by atoms with Crippen molar-refractivity contribution in [2.45, 2.75) is 416 Å². The SMILES string of the molecule is CCCCCCCCCC/C=C\CCCCCCCCCCCCCCCCCCCCCC(=O)NC(COC1OC(CO)C(O)C(O)C1O)C(O)/C=C/CCCCCCCCCCCCCCCCCCCCCCCCCCC. The fraction of sp³-hybridized carbons (Fsp3) is 0.931. The number of rotatable bonds is 64. The minimum atomic E-state index is -1.57. The van der Waals surface area contributed by atoms with Gasteiger partial charge in [0.1, 0.15) is 24.4 Å². The lowest BCUT2D eigenvalue weighted by Gasteiger charge is -2.40. The van der Waals surface area contributed by atoms with E-state index in [-0.39, 0.29) is 12.5 Å². The zero-order valence-electron chi connectivity index (χ0n) is 53.8. The highest BCUT2D eigenvalue weighted by atomic mass is 16.7. The van der Waals surface area contributed by atoms with E-state index >= 15 is 0 Å². The highest BCUT2D eigenvalue weighted by molar-refractivity contribution is 5.76. The smallest absolute Gasteiger partial charge is 0.220 e. The zero-order valence-corrected chi connectivity index (χ0v) is 53.8. The Morgan fingerprint density at radius 1 is 0.407 bits per heavy atom. The zero-order chi connectivity index (χ0) is 58.6. The van der Waals surface area contributed by atoms with Crippen molar-refractivity contribution in [3.8, 4) is 0 Å². The summed E-state index contributed by atoms with van der Waals surface area (Å²) >= 11 is 0. The molecule has 0 bridgehead atoms. The maximum Gasteiger partial charge on any atom is 0.220 e. The summed E-state index contributed by atoms with van der Waals surface area (Å²) in [6.07, 6.45) is 74.4. The van der Waals surface area contributed by atoms with Gasteiger partial charge in [0.25, 0.3) is 0 Å². The first-order chi connectivity index (χ1) is 39.8. The van der Waals surface area contributed by atoms with E-state index in [0.29, 0.717) is 6.42 Å². The summed E-state index contributed by atoms with van der Waals surface area (Å²) < 4.78 is 11.3. The van der Waals surface area contributed by atoms with Gasteiger partial charge in [-0.3, -0.25) is 4.79 Å². The molecule has 0 spiro atoms. The second-order valence-electron chi connectivity index (χ2n) is 25.4. The number of hydrogen-bond donors (Lipinski definition) is 6. The normalized spacial score (nSPS) is 18.4. The first-order valence-electron chi connectivity index (χ1n) is 36.1. The molecule has 9 heteroatoms. The molecule has 1 aliphatic heterocycles. The number of carbonyl (C=O) groups excluding carboxylic acids is 1. The van der Waals surface area contributed by atoms with Crippen molar-refractivity contribution >= 4 is 5.91 Å². The van der Waals surface area contributed by atoms with Gasteiger partial charge in [0.15, 0.2) is 6.29 Å². The first kappa shape index (κ1) is 77.7. The first-order valence-corrected chi connectivity index (χ1v) is 36.1. The lowest BCUT2D eigenvalue weighted by molar-refractivity contribution is -0.302. The molecule has 1 heterocycles. The van der Waals surface area contributed by atoms with Crippen LogP contribution in [0.5, 0.6) is 0 Å². The van der Waals surface area contributed by atoms with Gasteiger partial charge < -0.3 is 40.3 Å². The van der Waals surface area contributed by atoms with Crippen LogP contribution < -0.4 is 5.32 Å². The molecule has 1 saturated heterocycles. The minimum Gasteiger partial charge on any atom is -0.394 e. The monoisotopic (exact) mass is 1150 g/mol. The predicted octanol–water partition coefficient (Wildman–Crippen LogP) is 19.6.